The van der Waals surface area contributed by atoms with Crippen LogP contribution in [0.3, 0.4) is 0 Å². The number of ether oxygens (including phenoxy) is 1. The molecule has 1 amide bonds. The quantitative estimate of drug-likeness (QED) is 0.177. The summed E-state index contributed by atoms with van der Waals surface area (Å²) in [6, 6.07) is 37.2. The zero-order chi connectivity index (χ0) is 27.7. The lowest BCUT2D eigenvalue weighted by molar-refractivity contribution is -0.117. The lowest BCUT2D eigenvalue weighted by Gasteiger charge is -2.26. The van der Waals surface area contributed by atoms with Gasteiger partial charge in [-0.3, -0.25) is 14.3 Å². The van der Waals surface area contributed by atoms with E-state index in [1.807, 2.05) is 134 Å². The molecule has 8 heteroatoms. The second-order valence-electron chi connectivity index (χ2n) is 8.99. The Morgan fingerprint density at radius 1 is 0.850 bits per heavy atom. The van der Waals surface area contributed by atoms with Crippen molar-refractivity contribution in [2.75, 3.05) is 16.8 Å². The number of nitrogens with zero attached hydrogens (tertiary/aromatic N) is 4. The van der Waals surface area contributed by atoms with Crippen LogP contribution in [0.25, 0.3) is 5.69 Å². The van der Waals surface area contributed by atoms with Crippen molar-refractivity contribution in [3.05, 3.63) is 121 Å². The molecule has 0 spiro atoms. The molecule has 0 fully saturated rings. The number of hydrogen-bond donors (Lipinski definition) is 1. The molecule has 0 bridgehead atoms. The molecule has 1 aromatic heterocycles. The second kappa shape index (κ2) is 13.0. The van der Waals surface area contributed by atoms with E-state index in [1.54, 1.807) is 4.90 Å². The molecule has 4 aromatic carbocycles. The highest BCUT2D eigenvalue weighted by molar-refractivity contribution is 8.00. The second-order valence-corrected chi connectivity index (χ2v) is 10.3. The minimum absolute atomic E-state index is 0.0425. The number of carbonyl (C=O) groups excluding carboxylic acids is 1. The molecule has 0 saturated heterocycles. The van der Waals surface area contributed by atoms with E-state index >= 15 is 0 Å². The molecule has 1 atom stereocenters. The molecular formula is C32H31N5O2S. The minimum Gasteiger partial charge on any atom is -0.494 e. The Kier molecular flexibility index (Phi) is 8.78. The first kappa shape index (κ1) is 27.0. The van der Waals surface area contributed by atoms with Crippen molar-refractivity contribution in [1.82, 2.24) is 14.8 Å². The fourth-order valence-electron chi connectivity index (χ4n) is 4.29. The number of benzene rings is 4. The third-order valence-electron chi connectivity index (χ3n) is 6.21. The van der Waals surface area contributed by atoms with Gasteiger partial charge in [-0.15, -0.1) is 10.2 Å². The molecule has 1 heterocycles. The third-order valence-corrected chi connectivity index (χ3v) is 7.24. The summed E-state index contributed by atoms with van der Waals surface area (Å²) in [7, 11) is 0. The topological polar surface area (TPSA) is 72.3 Å². The number of thioether (sulfide) groups is 1. The highest BCUT2D eigenvalue weighted by Gasteiger charge is 2.27. The van der Waals surface area contributed by atoms with E-state index < -0.39 is 5.25 Å². The fraction of sp³-hybridized carbons (Fsp3) is 0.156. The van der Waals surface area contributed by atoms with Crippen LogP contribution < -0.4 is 15.0 Å². The Morgan fingerprint density at radius 2 is 1.43 bits per heavy atom. The van der Waals surface area contributed by atoms with Gasteiger partial charge in [0, 0.05) is 22.7 Å². The van der Waals surface area contributed by atoms with Crippen molar-refractivity contribution >= 4 is 34.7 Å². The lowest BCUT2D eigenvalue weighted by Crippen LogP contribution is -2.33. The number of rotatable bonds is 11. The standard InChI is InChI=1S/C32H31N5O2S/c1-3-39-29-21-19-25(20-22-29)33-23-30-34-35-32(37(30)28-17-11-6-12-18-28)40-24(2)31(38)36(26-13-7-4-8-14-26)27-15-9-5-10-16-27/h4-22,24,33H,3,23H2,1-2H3/t24-/m0/s1. The summed E-state index contributed by atoms with van der Waals surface area (Å²) in [4.78, 5) is 15.7. The smallest absolute Gasteiger partial charge is 0.244 e. The molecule has 7 nitrogen and oxygen atoms in total. The summed E-state index contributed by atoms with van der Waals surface area (Å²) >= 11 is 1.39. The summed E-state index contributed by atoms with van der Waals surface area (Å²) in [6.45, 7) is 4.96. The van der Waals surface area contributed by atoms with Gasteiger partial charge < -0.3 is 10.1 Å². The average molecular weight is 550 g/mol. The van der Waals surface area contributed by atoms with Crippen LogP contribution >= 0.6 is 11.8 Å². The van der Waals surface area contributed by atoms with Crippen molar-refractivity contribution in [3.63, 3.8) is 0 Å². The highest BCUT2D eigenvalue weighted by atomic mass is 32.2. The molecule has 0 aliphatic rings. The molecule has 0 aliphatic carbocycles. The summed E-state index contributed by atoms with van der Waals surface area (Å²) in [5.74, 6) is 1.53. The van der Waals surface area contributed by atoms with Crippen LogP contribution in [-0.2, 0) is 11.3 Å². The van der Waals surface area contributed by atoms with Crippen LogP contribution in [0.5, 0.6) is 5.75 Å². The Labute approximate surface area is 238 Å². The van der Waals surface area contributed by atoms with Gasteiger partial charge in [0.15, 0.2) is 11.0 Å². The van der Waals surface area contributed by atoms with Crippen molar-refractivity contribution in [2.45, 2.75) is 30.8 Å². The van der Waals surface area contributed by atoms with Crippen LogP contribution in [0.1, 0.15) is 19.7 Å². The maximum Gasteiger partial charge on any atom is 0.244 e. The third kappa shape index (κ3) is 6.35. The first-order chi connectivity index (χ1) is 19.6. The van der Waals surface area contributed by atoms with Crippen LogP contribution in [0.4, 0.5) is 17.1 Å². The number of hydrogen-bond acceptors (Lipinski definition) is 6. The van der Waals surface area contributed by atoms with E-state index in [-0.39, 0.29) is 5.91 Å². The zero-order valence-electron chi connectivity index (χ0n) is 22.5. The van der Waals surface area contributed by atoms with Crippen molar-refractivity contribution in [3.8, 4) is 11.4 Å². The van der Waals surface area contributed by atoms with Gasteiger partial charge in [0.25, 0.3) is 0 Å². The largest absolute Gasteiger partial charge is 0.494 e. The fourth-order valence-corrected chi connectivity index (χ4v) is 5.22. The van der Waals surface area contributed by atoms with Crippen LogP contribution in [0.2, 0.25) is 0 Å². The van der Waals surface area contributed by atoms with E-state index in [4.69, 9.17) is 4.74 Å². The first-order valence-corrected chi connectivity index (χ1v) is 14.1. The monoisotopic (exact) mass is 549 g/mol. The maximum absolute atomic E-state index is 13.9. The summed E-state index contributed by atoms with van der Waals surface area (Å²) in [6.07, 6.45) is 0. The van der Waals surface area contributed by atoms with Crippen molar-refractivity contribution in [2.24, 2.45) is 0 Å². The predicted octanol–water partition coefficient (Wildman–Crippen LogP) is 7.12. The number of anilines is 3. The van der Waals surface area contributed by atoms with Gasteiger partial charge in [-0.25, -0.2) is 0 Å². The molecule has 0 radical (unpaired) electrons. The van der Waals surface area contributed by atoms with E-state index in [0.29, 0.717) is 18.3 Å². The molecule has 202 valence electrons. The number of para-hydroxylation sites is 3. The van der Waals surface area contributed by atoms with Crippen molar-refractivity contribution < 1.29 is 9.53 Å². The van der Waals surface area contributed by atoms with Gasteiger partial charge in [0.05, 0.1) is 18.4 Å². The summed E-state index contributed by atoms with van der Waals surface area (Å²) in [5, 5.41) is 12.7. The molecule has 0 unspecified atom stereocenters. The zero-order valence-corrected chi connectivity index (χ0v) is 23.3. The number of amides is 1. The summed E-state index contributed by atoms with van der Waals surface area (Å²) < 4.78 is 7.55. The summed E-state index contributed by atoms with van der Waals surface area (Å²) in [5.41, 5.74) is 3.51. The highest BCUT2D eigenvalue weighted by Crippen LogP contribution is 2.32. The van der Waals surface area contributed by atoms with E-state index in [2.05, 4.69) is 15.5 Å². The SMILES string of the molecule is CCOc1ccc(NCc2nnc(S[C@@H](C)C(=O)N(c3ccccc3)c3ccccc3)n2-c2ccccc2)cc1. The first-order valence-electron chi connectivity index (χ1n) is 13.2. The van der Waals surface area contributed by atoms with E-state index in [1.165, 1.54) is 11.8 Å². The molecule has 5 rings (SSSR count). The van der Waals surface area contributed by atoms with Gasteiger partial charge in [-0.05, 0) is 74.5 Å². The van der Waals surface area contributed by atoms with Crippen LogP contribution in [0.15, 0.2) is 120 Å². The Morgan fingerprint density at radius 3 is 2.00 bits per heavy atom. The van der Waals surface area contributed by atoms with E-state index in [9.17, 15) is 4.79 Å². The normalized spacial score (nSPS) is 11.6. The van der Waals surface area contributed by atoms with Gasteiger partial charge in [0.2, 0.25) is 5.91 Å². The Hall–Kier alpha value is -4.56. The molecule has 0 saturated carbocycles. The molecule has 40 heavy (non-hydrogen) atoms. The minimum atomic E-state index is -0.431. The Balaban J connectivity index is 1.40. The van der Waals surface area contributed by atoms with Gasteiger partial charge >= 0.3 is 0 Å². The number of nitrogens with one attached hydrogen (secondary N) is 1. The molecule has 5 aromatic rings. The molecule has 0 aliphatic heterocycles. The average Bonchev–Trinajstić information content (AvgIpc) is 3.40. The maximum atomic E-state index is 13.9. The van der Waals surface area contributed by atoms with Gasteiger partial charge in [0.1, 0.15) is 5.75 Å². The van der Waals surface area contributed by atoms with Gasteiger partial charge in [-0.2, -0.15) is 0 Å². The molecular weight excluding hydrogens is 518 g/mol. The van der Waals surface area contributed by atoms with Gasteiger partial charge in [-0.1, -0.05) is 66.4 Å². The lowest BCUT2D eigenvalue weighted by atomic mass is 10.2. The Bertz CT molecular complexity index is 1470. The van der Waals surface area contributed by atoms with Crippen molar-refractivity contribution in [1.29, 1.82) is 0 Å². The van der Waals surface area contributed by atoms with Crippen LogP contribution in [-0.4, -0.2) is 32.5 Å². The number of aromatic nitrogens is 3. The molecule has 1 N–H and O–H groups in total. The van der Waals surface area contributed by atoms with Crippen LogP contribution in [0, 0.1) is 0 Å². The predicted molar refractivity (Wildman–Crippen MR) is 162 cm³/mol. The van der Waals surface area contributed by atoms with E-state index in [0.717, 1.165) is 34.3 Å². The number of carbonyl (C=O) groups is 1.